The van der Waals surface area contributed by atoms with E-state index >= 15 is 0 Å². The molecule has 1 amide bonds. The zero-order valence-corrected chi connectivity index (χ0v) is 15.0. The zero-order chi connectivity index (χ0) is 17.5. The highest BCUT2D eigenvalue weighted by Crippen LogP contribution is 2.30. The molecular weight excluding hydrogens is 346 g/mol. The van der Waals surface area contributed by atoms with E-state index in [-0.39, 0.29) is 5.91 Å². The summed E-state index contributed by atoms with van der Waals surface area (Å²) in [6.07, 6.45) is 3.48. The zero-order valence-electron chi connectivity index (χ0n) is 14.2. The Hall–Kier alpha value is -2.51. The molecule has 2 aliphatic rings. The molecule has 7 heteroatoms. The number of thiazole rings is 1. The van der Waals surface area contributed by atoms with Crippen molar-refractivity contribution < 1.29 is 4.79 Å². The second-order valence-electron chi connectivity index (χ2n) is 7.00. The van der Waals surface area contributed by atoms with Crippen molar-refractivity contribution in [3.8, 4) is 0 Å². The summed E-state index contributed by atoms with van der Waals surface area (Å²) in [5.41, 5.74) is 5.15. The number of nitrogens with one attached hydrogen (secondary N) is 2. The monoisotopic (exact) mass is 365 g/mol. The number of amides is 1. The number of rotatable bonds is 3. The van der Waals surface area contributed by atoms with Gasteiger partial charge in [0.2, 0.25) is 0 Å². The summed E-state index contributed by atoms with van der Waals surface area (Å²) in [5.74, 6) is 1.28. The van der Waals surface area contributed by atoms with E-state index in [0.717, 1.165) is 47.8 Å². The van der Waals surface area contributed by atoms with Crippen molar-refractivity contribution in [2.24, 2.45) is 11.8 Å². The minimum atomic E-state index is -0.135. The number of hydrogen-bond acceptors (Lipinski definition) is 6. The number of nitrogens with zero attached hydrogens (tertiary/aromatic N) is 3. The third-order valence-electron chi connectivity index (χ3n) is 5.33. The van der Waals surface area contributed by atoms with Crippen LogP contribution < -0.4 is 15.5 Å². The van der Waals surface area contributed by atoms with Gasteiger partial charge in [0.1, 0.15) is 0 Å². The van der Waals surface area contributed by atoms with Crippen LogP contribution in [0.1, 0.15) is 10.4 Å². The van der Waals surface area contributed by atoms with Gasteiger partial charge in [-0.2, -0.15) is 0 Å². The van der Waals surface area contributed by atoms with Crippen LogP contribution in [0, 0.1) is 11.8 Å². The molecule has 4 heterocycles. The van der Waals surface area contributed by atoms with Crippen molar-refractivity contribution in [1.29, 1.82) is 0 Å². The summed E-state index contributed by atoms with van der Waals surface area (Å²) in [4.78, 5) is 23.6. The standard InChI is InChI=1S/C19H19N5OS/c25-19(23-15-1-2-17-18(4-15)26-11-22-17)12-3-16(8-21-5-12)24-9-13-6-20-7-14(13)10-24/h1-5,8,11,13-14,20H,6-7,9-10H2,(H,23,25)/t13-,14+. The first kappa shape index (κ1) is 15.7. The lowest BCUT2D eigenvalue weighted by molar-refractivity contribution is 0.102. The Bertz CT molecular complexity index is 959. The van der Waals surface area contributed by atoms with Crippen LogP contribution in [0.5, 0.6) is 0 Å². The number of aromatic nitrogens is 2. The SMILES string of the molecule is O=C(Nc1ccc2ncsc2c1)c1cncc(N2C[C@H]3CNC[C@H]3C2)c1. The summed E-state index contributed by atoms with van der Waals surface area (Å²) >= 11 is 1.57. The van der Waals surface area contributed by atoms with E-state index in [0.29, 0.717) is 17.4 Å². The largest absolute Gasteiger partial charge is 0.370 e. The van der Waals surface area contributed by atoms with Crippen LogP contribution in [0.25, 0.3) is 10.2 Å². The molecule has 2 fully saturated rings. The molecule has 2 N–H and O–H groups in total. The Kier molecular flexibility index (Phi) is 3.83. The van der Waals surface area contributed by atoms with Crippen LogP contribution in [0.15, 0.2) is 42.2 Å². The molecule has 6 nitrogen and oxygen atoms in total. The fourth-order valence-electron chi connectivity index (χ4n) is 3.93. The summed E-state index contributed by atoms with van der Waals surface area (Å²) in [5, 5.41) is 6.42. The van der Waals surface area contributed by atoms with Crippen LogP contribution in [-0.2, 0) is 0 Å². The van der Waals surface area contributed by atoms with Gasteiger partial charge in [0.25, 0.3) is 5.91 Å². The van der Waals surface area contributed by atoms with Gasteiger partial charge in [0.05, 0.1) is 33.2 Å². The number of benzene rings is 1. The van der Waals surface area contributed by atoms with Crippen LogP contribution in [-0.4, -0.2) is 42.1 Å². The van der Waals surface area contributed by atoms with E-state index in [1.165, 1.54) is 0 Å². The van der Waals surface area contributed by atoms with Gasteiger partial charge in [-0.25, -0.2) is 4.98 Å². The third-order valence-corrected chi connectivity index (χ3v) is 6.12. The third kappa shape index (κ3) is 2.83. The Morgan fingerprint density at radius 3 is 2.88 bits per heavy atom. The van der Waals surface area contributed by atoms with E-state index in [1.807, 2.05) is 36.0 Å². The van der Waals surface area contributed by atoms with Gasteiger partial charge in [0, 0.05) is 38.1 Å². The molecule has 3 aromatic rings. The second kappa shape index (κ2) is 6.34. The fraction of sp³-hybridized carbons (Fsp3) is 0.316. The van der Waals surface area contributed by atoms with E-state index in [1.54, 1.807) is 17.5 Å². The van der Waals surface area contributed by atoms with Crippen molar-refractivity contribution in [3.63, 3.8) is 0 Å². The van der Waals surface area contributed by atoms with Crippen molar-refractivity contribution in [3.05, 3.63) is 47.7 Å². The van der Waals surface area contributed by atoms with Gasteiger partial charge in [-0.3, -0.25) is 9.78 Å². The number of fused-ring (bicyclic) bond motifs is 2. The first-order valence-corrected chi connectivity index (χ1v) is 9.69. The average Bonchev–Trinajstić information content (AvgIpc) is 3.37. The first-order chi connectivity index (χ1) is 12.8. The van der Waals surface area contributed by atoms with Crippen molar-refractivity contribution in [1.82, 2.24) is 15.3 Å². The molecule has 132 valence electrons. The van der Waals surface area contributed by atoms with Crippen molar-refractivity contribution in [2.45, 2.75) is 0 Å². The molecule has 0 saturated carbocycles. The normalized spacial score (nSPS) is 21.9. The lowest BCUT2D eigenvalue weighted by Crippen LogP contribution is -2.26. The molecule has 26 heavy (non-hydrogen) atoms. The molecule has 0 bridgehead atoms. The molecule has 2 aliphatic heterocycles. The molecule has 1 aromatic carbocycles. The topological polar surface area (TPSA) is 70.2 Å². The first-order valence-electron chi connectivity index (χ1n) is 8.81. The minimum absolute atomic E-state index is 0.135. The van der Waals surface area contributed by atoms with Gasteiger partial charge in [-0.05, 0) is 36.1 Å². The highest BCUT2D eigenvalue weighted by molar-refractivity contribution is 7.16. The van der Waals surface area contributed by atoms with Crippen LogP contribution >= 0.6 is 11.3 Å². The highest BCUT2D eigenvalue weighted by Gasteiger charge is 2.36. The van der Waals surface area contributed by atoms with Gasteiger partial charge < -0.3 is 15.5 Å². The maximum absolute atomic E-state index is 12.7. The van der Waals surface area contributed by atoms with E-state index in [4.69, 9.17) is 0 Å². The maximum atomic E-state index is 12.7. The van der Waals surface area contributed by atoms with E-state index < -0.39 is 0 Å². The second-order valence-corrected chi connectivity index (χ2v) is 7.89. The Morgan fingerprint density at radius 2 is 2.04 bits per heavy atom. The van der Waals surface area contributed by atoms with Crippen molar-refractivity contribution >= 4 is 38.8 Å². The molecular formula is C19H19N5OS. The van der Waals surface area contributed by atoms with Crippen LogP contribution in [0.3, 0.4) is 0 Å². The number of carbonyl (C=O) groups is 1. The summed E-state index contributed by atoms with van der Waals surface area (Å²) in [6.45, 7) is 4.25. The average molecular weight is 365 g/mol. The summed E-state index contributed by atoms with van der Waals surface area (Å²) in [6, 6.07) is 7.71. The van der Waals surface area contributed by atoms with Gasteiger partial charge in [0.15, 0.2) is 0 Å². The van der Waals surface area contributed by atoms with E-state index in [9.17, 15) is 4.79 Å². The molecule has 2 atom stereocenters. The van der Waals surface area contributed by atoms with Crippen molar-refractivity contribution in [2.75, 3.05) is 36.4 Å². The predicted octanol–water partition coefficient (Wildman–Crippen LogP) is 2.60. The molecule has 0 radical (unpaired) electrons. The minimum Gasteiger partial charge on any atom is -0.370 e. The summed E-state index contributed by atoms with van der Waals surface area (Å²) in [7, 11) is 0. The van der Waals surface area contributed by atoms with Crippen LogP contribution in [0.4, 0.5) is 11.4 Å². The maximum Gasteiger partial charge on any atom is 0.257 e. The van der Waals surface area contributed by atoms with E-state index in [2.05, 4.69) is 25.5 Å². The fourth-order valence-corrected chi connectivity index (χ4v) is 4.64. The quantitative estimate of drug-likeness (QED) is 0.747. The Balaban J connectivity index is 1.34. The number of hydrogen-bond donors (Lipinski definition) is 2. The number of carbonyl (C=O) groups excluding carboxylic acids is 1. The summed E-state index contributed by atoms with van der Waals surface area (Å²) < 4.78 is 1.06. The van der Waals surface area contributed by atoms with Gasteiger partial charge in [-0.1, -0.05) is 0 Å². The smallest absolute Gasteiger partial charge is 0.257 e. The van der Waals surface area contributed by atoms with Gasteiger partial charge in [-0.15, -0.1) is 11.3 Å². The van der Waals surface area contributed by atoms with Crippen LogP contribution in [0.2, 0.25) is 0 Å². The molecule has 2 aromatic heterocycles. The molecule has 2 saturated heterocycles. The molecule has 5 rings (SSSR count). The lowest BCUT2D eigenvalue weighted by Gasteiger charge is -2.19. The number of pyridine rings is 1. The lowest BCUT2D eigenvalue weighted by atomic mass is 10.0. The molecule has 0 spiro atoms. The molecule has 0 unspecified atom stereocenters. The predicted molar refractivity (Wildman–Crippen MR) is 104 cm³/mol. The van der Waals surface area contributed by atoms with Gasteiger partial charge >= 0.3 is 0 Å². The highest BCUT2D eigenvalue weighted by atomic mass is 32.1. The molecule has 0 aliphatic carbocycles. The number of anilines is 2. The Labute approximate surface area is 155 Å². The Morgan fingerprint density at radius 1 is 1.19 bits per heavy atom.